The van der Waals surface area contributed by atoms with E-state index in [1.807, 2.05) is 4.72 Å². The lowest BCUT2D eigenvalue weighted by Crippen LogP contribution is -2.27. The molecule has 1 aliphatic rings. The molecule has 2 N–H and O–H groups in total. The summed E-state index contributed by atoms with van der Waals surface area (Å²) in [6.45, 7) is 0.426. The Balaban J connectivity index is 1.87. The highest BCUT2D eigenvalue weighted by atomic mass is 32.2. The van der Waals surface area contributed by atoms with Gasteiger partial charge >= 0.3 is 6.18 Å². The van der Waals surface area contributed by atoms with E-state index >= 15 is 0 Å². The first-order valence-electron chi connectivity index (χ1n) is 7.87. The number of hydrogen-bond acceptors (Lipinski definition) is 5. The summed E-state index contributed by atoms with van der Waals surface area (Å²) in [6, 6.07) is 5.64. The molecule has 0 aliphatic carbocycles. The topological polar surface area (TPSA) is 84.5 Å². The number of amides is 1. The molecule has 1 aliphatic heterocycles. The van der Waals surface area contributed by atoms with Crippen molar-refractivity contribution >= 4 is 38.6 Å². The van der Waals surface area contributed by atoms with Crippen LogP contribution < -0.4 is 10.0 Å². The van der Waals surface area contributed by atoms with Crippen molar-refractivity contribution in [1.82, 2.24) is 0 Å². The fourth-order valence-corrected chi connectivity index (χ4v) is 4.64. The van der Waals surface area contributed by atoms with E-state index in [4.69, 9.17) is 4.74 Å². The zero-order valence-electron chi connectivity index (χ0n) is 13.7. The summed E-state index contributed by atoms with van der Waals surface area (Å²) in [4.78, 5) is 12.0. The lowest BCUT2D eigenvalue weighted by atomic mass is 10.1. The number of hydrogen-bond donors (Lipinski definition) is 2. The zero-order valence-corrected chi connectivity index (χ0v) is 15.4. The molecule has 3 rings (SSSR count). The van der Waals surface area contributed by atoms with Gasteiger partial charge in [0.15, 0.2) is 0 Å². The lowest BCUT2D eigenvalue weighted by Gasteiger charge is -2.17. The van der Waals surface area contributed by atoms with Gasteiger partial charge in [-0.05, 0) is 42.5 Å². The number of anilines is 2. The van der Waals surface area contributed by atoms with Crippen LogP contribution in [0.25, 0.3) is 0 Å². The molecular formula is C16H15F3N2O4S2. The predicted molar refractivity (Wildman–Crippen MR) is 94.2 cm³/mol. The van der Waals surface area contributed by atoms with E-state index in [-0.39, 0.29) is 9.90 Å². The molecule has 146 valence electrons. The molecule has 0 saturated carbocycles. The van der Waals surface area contributed by atoms with Crippen LogP contribution in [0.1, 0.15) is 18.4 Å². The van der Waals surface area contributed by atoms with Crippen LogP contribution in [0.15, 0.2) is 39.9 Å². The van der Waals surface area contributed by atoms with Crippen molar-refractivity contribution in [3.63, 3.8) is 0 Å². The molecule has 2 heterocycles. The maximum atomic E-state index is 13.4. The molecule has 0 radical (unpaired) electrons. The van der Waals surface area contributed by atoms with E-state index in [1.165, 1.54) is 23.6 Å². The van der Waals surface area contributed by atoms with Gasteiger partial charge in [-0.2, -0.15) is 13.2 Å². The number of carbonyl (C=O) groups excluding carboxylic acids is 1. The molecular weight excluding hydrogens is 405 g/mol. The minimum atomic E-state index is -4.82. The molecule has 0 bridgehead atoms. The average molecular weight is 420 g/mol. The lowest BCUT2D eigenvalue weighted by molar-refractivity contribution is -0.137. The average Bonchev–Trinajstić information content (AvgIpc) is 3.29. The first kappa shape index (κ1) is 19.6. The number of halogens is 3. The van der Waals surface area contributed by atoms with Gasteiger partial charge in [0.25, 0.3) is 15.9 Å². The molecule has 1 saturated heterocycles. The number of benzene rings is 1. The second kappa shape index (κ2) is 7.49. The number of alkyl halides is 3. The van der Waals surface area contributed by atoms with Gasteiger partial charge < -0.3 is 10.1 Å². The monoisotopic (exact) mass is 420 g/mol. The van der Waals surface area contributed by atoms with Gasteiger partial charge in [-0.15, -0.1) is 11.3 Å². The van der Waals surface area contributed by atoms with Crippen LogP contribution in [0.3, 0.4) is 0 Å². The van der Waals surface area contributed by atoms with Crippen molar-refractivity contribution in [2.75, 3.05) is 16.6 Å². The SMILES string of the molecule is O=C(Nc1ccc(NS(=O)(=O)c2cccs2)c(C(F)(F)F)c1)C1CCCO1. The van der Waals surface area contributed by atoms with E-state index < -0.39 is 39.5 Å². The predicted octanol–water partition coefficient (Wildman–Crippen LogP) is 3.69. The van der Waals surface area contributed by atoms with Gasteiger partial charge in [-0.3, -0.25) is 9.52 Å². The molecule has 11 heteroatoms. The first-order valence-corrected chi connectivity index (χ1v) is 10.2. The van der Waals surface area contributed by atoms with E-state index in [1.54, 1.807) is 0 Å². The molecule has 1 fully saturated rings. The zero-order chi connectivity index (χ0) is 19.7. The van der Waals surface area contributed by atoms with E-state index in [9.17, 15) is 26.4 Å². The van der Waals surface area contributed by atoms with E-state index in [0.29, 0.717) is 25.5 Å². The smallest absolute Gasteiger partial charge is 0.368 e. The fraction of sp³-hybridized carbons (Fsp3) is 0.312. The third-order valence-electron chi connectivity index (χ3n) is 3.82. The molecule has 27 heavy (non-hydrogen) atoms. The van der Waals surface area contributed by atoms with E-state index in [0.717, 1.165) is 17.4 Å². The van der Waals surface area contributed by atoms with Crippen molar-refractivity contribution in [1.29, 1.82) is 0 Å². The fourth-order valence-electron chi connectivity index (χ4n) is 2.56. The number of sulfonamides is 1. The number of ether oxygens (including phenoxy) is 1. The standard InChI is InChI=1S/C16H15F3N2O4S2/c17-16(18,19)11-9-10(20-15(22)13-3-1-7-25-13)5-6-12(11)21-27(23,24)14-4-2-8-26-14/h2,4-6,8-9,13,21H,1,3,7H2,(H,20,22). The van der Waals surface area contributed by atoms with Crippen LogP contribution in [0, 0.1) is 0 Å². The second-order valence-electron chi connectivity index (χ2n) is 5.79. The minimum Gasteiger partial charge on any atom is -0.368 e. The number of carbonyl (C=O) groups is 1. The highest BCUT2D eigenvalue weighted by Gasteiger charge is 2.35. The van der Waals surface area contributed by atoms with Crippen LogP contribution in [0.2, 0.25) is 0 Å². The summed E-state index contributed by atoms with van der Waals surface area (Å²) in [6.07, 6.45) is -4.32. The molecule has 1 unspecified atom stereocenters. The highest BCUT2D eigenvalue weighted by molar-refractivity contribution is 7.94. The van der Waals surface area contributed by atoms with Crippen molar-refractivity contribution in [2.24, 2.45) is 0 Å². The van der Waals surface area contributed by atoms with Gasteiger partial charge in [-0.1, -0.05) is 6.07 Å². The number of rotatable bonds is 5. The molecule has 0 spiro atoms. The maximum Gasteiger partial charge on any atom is 0.418 e. The Bertz CT molecular complexity index is 922. The molecule has 1 aromatic carbocycles. The highest BCUT2D eigenvalue weighted by Crippen LogP contribution is 2.37. The van der Waals surface area contributed by atoms with Gasteiger partial charge in [0.1, 0.15) is 10.3 Å². The Morgan fingerprint density at radius 2 is 2.04 bits per heavy atom. The third-order valence-corrected chi connectivity index (χ3v) is 6.58. The Kier molecular flexibility index (Phi) is 5.45. The molecule has 6 nitrogen and oxygen atoms in total. The van der Waals surface area contributed by atoms with Crippen LogP contribution in [0.4, 0.5) is 24.5 Å². The largest absolute Gasteiger partial charge is 0.418 e. The summed E-state index contributed by atoms with van der Waals surface area (Å²) in [5.74, 6) is -0.535. The summed E-state index contributed by atoms with van der Waals surface area (Å²) in [7, 11) is -4.14. The van der Waals surface area contributed by atoms with Gasteiger partial charge in [0.05, 0.1) is 11.3 Å². The van der Waals surface area contributed by atoms with Crippen LogP contribution >= 0.6 is 11.3 Å². The summed E-state index contributed by atoms with van der Waals surface area (Å²) >= 11 is 0.886. The van der Waals surface area contributed by atoms with Crippen LogP contribution in [-0.4, -0.2) is 27.0 Å². The normalized spacial score (nSPS) is 17.7. The van der Waals surface area contributed by atoms with Crippen molar-refractivity contribution in [2.45, 2.75) is 29.3 Å². The van der Waals surface area contributed by atoms with Gasteiger partial charge in [0, 0.05) is 12.3 Å². The van der Waals surface area contributed by atoms with Crippen LogP contribution in [-0.2, 0) is 25.7 Å². The van der Waals surface area contributed by atoms with Gasteiger partial charge in [0.2, 0.25) is 0 Å². The third kappa shape index (κ3) is 4.60. The second-order valence-corrected chi connectivity index (χ2v) is 8.64. The molecule has 2 aromatic rings. The quantitative estimate of drug-likeness (QED) is 0.773. The van der Waals surface area contributed by atoms with Crippen molar-refractivity contribution in [3.05, 3.63) is 41.3 Å². The Morgan fingerprint density at radius 3 is 2.63 bits per heavy atom. The Morgan fingerprint density at radius 1 is 1.26 bits per heavy atom. The van der Waals surface area contributed by atoms with Gasteiger partial charge in [-0.25, -0.2) is 8.42 Å². The van der Waals surface area contributed by atoms with Crippen molar-refractivity contribution < 1.29 is 31.1 Å². The Hall–Kier alpha value is -2.11. The number of thiophene rings is 1. The number of nitrogens with one attached hydrogen (secondary N) is 2. The minimum absolute atomic E-state index is 0.0955. The summed E-state index contributed by atoms with van der Waals surface area (Å²) in [5.41, 5.74) is -1.92. The Labute approximate surface area is 157 Å². The van der Waals surface area contributed by atoms with Crippen molar-refractivity contribution in [3.8, 4) is 0 Å². The van der Waals surface area contributed by atoms with E-state index in [2.05, 4.69) is 5.32 Å². The maximum absolute atomic E-state index is 13.4. The van der Waals surface area contributed by atoms with Crippen LogP contribution in [0.5, 0.6) is 0 Å². The molecule has 1 amide bonds. The molecule has 1 aromatic heterocycles. The molecule has 1 atom stereocenters. The summed E-state index contributed by atoms with van der Waals surface area (Å²) in [5, 5.41) is 3.88. The first-order chi connectivity index (χ1) is 12.7. The summed E-state index contributed by atoms with van der Waals surface area (Å²) < 4.78 is 71.7.